The Balaban J connectivity index is 1.40. The van der Waals surface area contributed by atoms with Crippen LogP contribution in [0.5, 0.6) is 5.75 Å². The van der Waals surface area contributed by atoms with Crippen LogP contribution in [-0.4, -0.2) is 24.4 Å². The first kappa shape index (κ1) is 18.3. The van der Waals surface area contributed by atoms with Crippen LogP contribution in [0.25, 0.3) is 17.0 Å². The van der Waals surface area contributed by atoms with Crippen LogP contribution in [0.3, 0.4) is 0 Å². The van der Waals surface area contributed by atoms with E-state index in [2.05, 4.69) is 21.8 Å². The fraction of sp³-hybridized carbons (Fsp3) is 0.227. The number of ether oxygens (including phenoxy) is 1. The lowest BCUT2D eigenvalue weighted by Gasteiger charge is -2.29. The number of aromatic nitrogens is 1. The van der Waals surface area contributed by atoms with E-state index in [1.165, 1.54) is 17.7 Å². The van der Waals surface area contributed by atoms with Crippen molar-refractivity contribution >= 4 is 22.8 Å². The topological polar surface area (TPSA) is 25.4 Å². The van der Waals surface area contributed by atoms with Gasteiger partial charge in [0.2, 0.25) is 0 Å². The van der Waals surface area contributed by atoms with Gasteiger partial charge in [-0.15, -0.1) is 13.2 Å². The molecule has 3 nitrogen and oxygen atoms in total. The van der Waals surface area contributed by atoms with Gasteiger partial charge in [-0.3, -0.25) is 0 Å². The van der Waals surface area contributed by atoms with Crippen molar-refractivity contribution in [2.75, 3.05) is 18.0 Å². The van der Waals surface area contributed by atoms with E-state index in [1.807, 2.05) is 30.3 Å². The third kappa shape index (κ3) is 4.44. The molecule has 0 unspecified atom stereocenters. The van der Waals surface area contributed by atoms with Gasteiger partial charge in [-0.05, 0) is 48.7 Å². The van der Waals surface area contributed by atoms with Gasteiger partial charge in [-0.25, -0.2) is 4.98 Å². The Hall–Kier alpha value is -3.02. The number of hydrogen-bond donors (Lipinski definition) is 0. The fourth-order valence-corrected chi connectivity index (χ4v) is 3.40. The molecule has 1 aliphatic rings. The molecular formula is C22H19F3N2O. The summed E-state index contributed by atoms with van der Waals surface area (Å²) in [6.45, 7) is 1.74. The number of alkyl halides is 3. The minimum atomic E-state index is -4.66. The molecule has 2 aromatic carbocycles. The summed E-state index contributed by atoms with van der Waals surface area (Å²) < 4.78 is 40.6. The lowest BCUT2D eigenvalue weighted by molar-refractivity contribution is -0.274. The summed E-state index contributed by atoms with van der Waals surface area (Å²) in [5.74, 6) is 0.776. The van der Waals surface area contributed by atoms with E-state index in [4.69, 9.17) is 4.98 Å². The highest BCUT2D eigenvalue weighted by Crippen LogP contribution is 2.26. The first-order valence-corrected chi connectivity index (χ1v) is 9.12. The molecule has 1 aromatic heterocycles. The number of piperidine rings is 1. The summed E-state index contributed by atoms with van der Waals surface area (Å²) in [6.07, 6.45) is -0.823. The highest BCUT2D eigenvalue weighted by atomic mass is 19.4. The third-order valence-corrected chi connectivity index (χ3v) is 4.80. The Morgan fingerprint density at radius 1 is 0.893 bits per heavy atom. The summed E-state index contributed by atoms with van der Waals surface area (Å²) in [7, 11) is 0. The van der Waals surface area contributed by atoms with Gasteiger partial charge in [0.15, 0.2) is 0 Å². The SMILES string of the molecule is FC(F)(F)Oc1ccc(C=C2CCN(c3ccc4ccccc4n3)CC2)cc1. The van der Waals surface area contributed by atoms with Gasteiger partial charge in [0, 0.05) is 18.5 Å². The van der Waals surface area contributed by atoms with Crippen molar-refractivity contribution < 1.29 is 17.9 Å². The molecule has 28 heavy (non-hydrogen) atoms. The number of rotatable bonds is 3. The van der Waals surface area contributed by atoms with Crippen LogP contribution in [0, 0.1) is 0 Å². The third-order valence-electron chi connectivity index (χ3n) is 4.80. The molecular weight excluding hydrogens is 365 g/mol. The predicted molar refractivity (Wildman–Crippen MR) is 104 cm³/mol. The van der Waals surface area contributed by atoms with Gasteiger partial charge in [0.1, 0.15) is 11.6 Å². The van der Waals surface area contributed by atoms with Crippen molar-refractivity contribution in [2.24, 2.45) is 0 Å². The molecule has 6 heteroatoms. The first-order chi connectivity index (χ1) is 13.5. The molecule has 0 aliphatic carbocycles. The molecule has 0 bridgehead atoms. The predicted octanol–water partition coefficient (Wildman–Crippen LogP) is 5.82. The molecule has 0 radical (unpaired) electrons. The Bertz CT molecular complexity index is 987. The maximum absolute atomic E-state index is 12.2. The molecule has 1 aliphatic heterocycles. The quantitative estimate of drug-likeness (QED) is 0.569. The molecule has 0 N–H and O–H groups in total. The van der Waals surface area contributed by atoms with Crippen LogP contribution in [0.1, 0.15) is 18.4 Å². The van der Waals surface area contributed by atoms with Crippen LogP contribution in [-0.2, 0) is 0 Å². The maximum Gasteiger partial charge on any atom is 0.573 e. The second kappa shape index (κ2) is 7.54. The van der Waals surface area contributed by atoms with Crippen molar-refractivity contribution in [1.82, 2.24) is 4.98 Å². The van der Waals surface area contributed by atoms with E-state index in [9.17, 15) is 13.2 Å². The number of nitrogens with zero attached hydrogens (tertiary/aromatic N) is 2. The van der Waals surface area contributed by atoms with Gasteiger partial charge in [0.05, 0.1) is 5.52 Å². The summed E-state index contributed by atoms with van der Waals surface area (Å²) in [5, 5.41) is 1.13. The molecule has 0 atom stereocenters. The number of para-hydroxylation sites is 1. The van der Waals surface area contributed by atoms with Gasteiger partial charge in [-0.1, -0.05) is 42.0 Å². The van der Waals surface area contributed by atoms with Gasteiger partial charge in [0.25, 0.3) is 0 Å². The highest BCUT2D eigenvalue weighted by Gasteiger charge is 2.30. The van der Waals surface area contributed by atoms with E-state index in [0.717, 1.165) is 48.2 Å². The van der Waals surface area contributed by atoms with Crippen molar-refractivity contribution in [3.63, 3.8) is 0 Å². The van der Waals surface area contributed by atoms with Crippen molar-refractivity contribution in [3.8, 4) is 5.75 Å². The summed E-state index contributed by atoms with van der Waals surface area (Å²) in [5.41, 5.74) is 3.14. The monoisotopic (exact) mass is 384 g/mol. The number of benzene rings is 2. The molecule has 0 amide bonds. The van der Waals surface area contributed by atoms with Crippen LogP contribution < -0.4 is 9.64 Å². The minimum Gasteiger partial charge on any atom is -0.406 e. The molecule has 144 valence electrons. The maximum atomic E-state index is 12.2. The van der Waals surface area contributed by atoms with E-state index in [0.29, 0.717) is 0 Å². The average Bonchev–Trinajstić information content (AvgIpc) is 2.69. The molecule has 2 heterocycles. The zero-order chi connectivity index (χ0) is 19.6. The Labute approximate surface area is 161 Å². The Kier molecular flexibility index (Phi) is 4.94. The van der Waals surface area contributed by atoms with Gasteiger partial charge >= 0.3 is 6.36 Å². The van der Waals surface area contributed by atoms with Gasteiger partial charge < -0.3 is 9.64 Å². The van der Waals surface area contributed by atoms with E-state index in [1.54, 1.807) is 12.1 Å². The molecule has 0 spiro atoms. The number of halogens is 3. The zero-order valence-electron chi connectivity index (χ0n) is 15.1. The van der Waals surface area contributed by atoms with Gasteiger partial charge in [-0.2, -0.15) is 0 Å². The number of anilines is 1. The standard InChI is InChI=1S/C22H19F3N2O/c23-22(24,25)28-19-8-5-16(6-9-19)15-17-11-13-27(14-12-17)21-10-7-18-3-1-2-4-20(18)26-21/h1-10,15H,11-14H2. The molecule has 3 aromatic rings. The normalized spacial score (nSPS) is 15.0. The molecule has 1 saturated heterocycles. The largest absolute Gasteiger partial charge is 0.573 e. The van der Waals surface area contributed by atoms with Crippen LogP contribution in [0.15, 0.2) is 66.2 Å². The number of hydrogen-bond acceptors (Lipinski definition) is 3. The van der Waals surface area contributed by atoms with Crippen molar-refractivity contribution in [2.45, 2.75) is 19.2 Å². The number of fused-ring (bicyclic) bond motifs is 1. The van der Waals surface area contributed by atoms with Crippen LogP contribution >= 0.6 is 0 Å². The van der Waals surface area contributed by atoms with Crippen LogP contribution in [0.2, 0.25) is 0 Å². The van der Waals surface area contributed by atoms with E-state index in [-0.39, 0.29) is 5.75 Å². The molecule has 4 rings (SSSR count). The summed E-state index contributed by atoms with van der Waals surface area (Å²) >= 11 is 0. The van der Waals surface area contributed by atoms with Crippen molar-refractivity contribution in [1.29, 1.82) is 0 Å². The number of pyridine rings is 1. The first-order valence-electron chi connectivity index (χ1n) is 9.12. The Morgan fingerprint density at radius 2 is 1.61 bits per heavy atom. The Morgan fingerprint density at radius 3 is 2.32 bits per heavy atom. The zero-order valence-corrected chi connectivity index (χ0v) is 15.1. The van der Waals surface area contributed by atoms with Crippen LogP contribution in [0.4, 0.5) is 19.0 Å². The second-order valence-electron chi connectivity index (χ2n) is 6.77. The lowest BCUT2D eigenvalue weighted by atomic mass is 10.0. The molecule has 1 fully saturated rings. The summed E-state index contributed by atoms with van der Waals surface area (Å²) in [4.78, 5) is 7.02. The van der Waals surface area contributed by atoms with Crippen molar-refractivity contribution in [3.05, 3.63) is 71.8 Å². The second-order valence-corrected chi connectivity index (χ2v) is 6.77. The average molecular weight is 384 g/mol. The lowest BCUT2D eigenvalue weighted by Crippen LogP contribution is -2.31. The highest BCUT2D eigenvalue weighted by molar-refractivity contribution is 5.80. The molecule has 0 saturated carbocycles. The minimum absolute atomic E-state index is 0.202. The summed E-state index contributed by atoms with van der Waals surface area (Å²) in [6, 6.07) is 18.2. The fourth-order valence-electron chi connectivity index (χ4n) is 3.40. The van der Waals surface area contributed by atoms with E-state index >= 15 is 0 Å². The van der Waals surface area contributed by atoms with E-state index < -0.39 is 6.36 Å². The smallest absolute Gasteiger partial charge is 0.406 e.